The molecule has 0 saturated heterocycles. The molecule has 364 valence electrons. The van der Waals surface area contributed by atoms with Gasteiger partial charge in [0.2, 0.25) is 5.91 Å². The van der Waals surface area contributed by atoms with Crippen LogP contribution in [-0.4, -0.2) is 64.9 Å². The van der Waals surface area contributed by atoms with Crippen LogP contribution in [-0.2, 0) is 32.7 Å². The van der Waals surface area contributed by atoms with Crippen LogP contribution in [0.15, 0.2) is 97.2 Å². The Hall–Kier alpha value is -3.60. The fourth-order valence-corrected chi connectivity index (χ4v) is 6.93. The zero-order valence-electron chi connectivity index (χ0n) is 39.5. The lowest BCUT2D eigenvalue weighted by molar-refractivity contribution is -0.146. The number of carboxylic acids is 1. The number of carbonyl (C=O) groups excluding carboxylic acids is 2. The van der Waals surface area contributed by atoms with Gasteiger partial charge in [0, 0.05) is 6.42 Å². The Morgan fingerprint density at radius 3 is 1.39 bits per heavy atom. The second-order valence-electron chi connectivity index (χ2n) is 15.9. The minimum absolute atomic E-state index is 0.0158. The number of phosphoric acid groups is 1. The van der Waals surface area contributed by atoms with Gasteiger partial charge in [-0.05, 0) is 77.0 Å². The molecule has 0 aromatic carbocycles. The van der Waals surface area contributed by atoms with Crippen molar-refractivity contribution in [2.24, 2.45) is 0 Å². The molecule has 3 unspecified atom stereocenters. The van der Waals surface area contributed by atoms with Crippen LogP contribution >= 0.6 is 7.82 Å². The molecule has 0 fully saturated rings. The molecule has 0 spiro atoms. The summed E-state index contributed by atoms with van der Waals surface area (Å²) in [5, 5.41) is 21.9. The van der Waals surface area contributed by atoms with Gasteiger partial charge in [0.15, 0.2) is 6.04 Å². The number of hydrogen-bond acceptors (Lipinski definition) is 8. The fraction of sp³-hybridized carbons (Fsp3) is 0.635. The number of rotatable bonds is 44. The summed E-state index contributed by atoms with van der Waals surface area (Å²) in [5.41, 5.74) is 0. The SMILES string of the molecule is CC/C=C\C/C=C\C/C=C\C/C=C\C/C=C\C/C=C\C/C=C\CC(=O)OCC(O)COP(=O)(O)OCC(NC(=O)CCCCCCCCCCC/C=C/CCCCCCCC)C(=O)O. The summed E-state index contributed by atoms with van der Waals surface area (Å²) in [4.78, 5) is 46.0. The highest BCUT2D eigenvalue weighted by molar-refractivity contribution is 7.47. The number of nitrogens with one attached hydrogen (secondary N) is 1. The number of aliphatic hydroxyl groups excluding tert-OH is 1. The molecule has 0 aliphatic rings. The van der Waals surface area contributed by atoms with E-state index in [9.17, 15) is 34.1 Å². The normalized spacial score (nSPS) is 14.4. The molecule has 11 nitrogen and oxygen atoms in total. The maximum atomic E-state index is 12.4. The van der Waals surface area contributed by atoms with Gasteiger partial charge in [-0.25, -0.2) is 9.36 Å². The van der Waals surface area contributed by atoms with Crippen LogP contribution in [0.3, 0.4) is 0 Å². The minimum Gasteiger partial charge on any atom is -0.480 e. The van der Waals surface area contributed by atoms with E-state index in [4.69, 9.17) is 13.8 Å². The van der Waals surface area contributed by atoms with Crippen molar-refractivity contribution in [3.8, 4) is 0 Å². The van der Waals surface area contributed by atoms with E-state index in [2.05, 4.69) is 92.1 Å². The number of hydrogen-bond donors (Lipinski definition) is 4. The van der Waals surface area contributed by atoms with Gasteiger partial charge in [-0.3, -0.25) is 18.6 Å². The largest absolute Gasteiger partial charge is 0.480 e. The highest BCUT2D eigenvalue weighted by Crippen LogP contribution is 2.43. The maximum absolute atomic E-state index is 12.4. The highest BCUT2D eigenvalue weighted by Gasteiger charge is 2.28. The Morgan fingerprint density at radius 1 is 0.531 bits per heavy atom. The number of amides is 1. The highest BCUT2D eigenvalue weighted by atomic mass is 31.2. The molecular formula is C52H86NO10P. The van der Waals surface area contributed by atoms with E-state index < -0.39 is 57.6 Å². The number of unbranched alkanes of at least 4 members (excludes halogenated alkanes) is 15. The molecule has 0 saturated carbocycles. The lowest BCUT2D eigenvalue weighted by atomic mass is 10.1. The molecular weight excluding hydrogens is 830 g/mol. The van der Waals surface area contributed by atoms with Crippen LogP contribution in [0, 0.1) is 0 Å². The number of ether oxygens (including phenoxy) is 1. The first-order valence-corrected chi connectivity index (χ1v) is 25.8. The van der Waals surface area contributed by atoms with Crippen LogP contribution in [0.4, 0.5) is 0 Å². The zero-order chi connectivity index (χ0) is 47.0. The first-order chi connectivity index (χ1) is 31.1. The Morgan fingerprint density at radius 2 is 0.938 bits per heavy atom. The minimum atomic E-state index is -4.79. The van der Waals surface area contributed by atoms with Gasteiger partial charge in [-0.2, -0.15) is 0 Å². The van der Waals surface area contributed by atoms with E-state index in [1.54, 1.807) is 6.08 Å². The van der Waals surface area contributed by atoms with Gasteiger partial charge >= 0.3 is 19.8 Å². The average molecular weight is 916 g/mol. The molecule has 0 radical (unpaired) electrons. The van der Waals surface area contributed by atoms with Gasteiger partial charge in [-0.15, -0.1) is 0 Å². The number of aliphatic hydroxyl groups is 1. The Kier molecular flexibility index (Phi) is 43.4. The number of allylic oxidation sites excluding steroid dienone is 15. The Balaban J connectivity index is 3.99. The molecule has 1 amide bonds. The molecule has 0 aromatic heterocycles. The van der Waals surface area contributed by atoms with E-state index in [1.165, 1.54) is 70.6 Å². The van der Waals surface area contributed by atoms with Crippen molar-refractivity contribution in [2.75, 3.05) is 19.8 Å². The summed E-state index contributed by atoms with van der Waals surface area (Å²) in [6.07, 6.45) is 58.8. The smallest absolute Gasteiger partial charge is 0.472 e. The fourth-order valence-electron chi connectivity index (χ4n) is 6.16. The van der Waals surface area contributed by atoms with E-state index >= 15 is 0 Å². The van der Waals surface area contributed by atoms with Crippen molar-refractivity contribution >= 4 is 25.7 Å². The van der Waals surface area contributed by atoms with Crippen LogP contribution in [0.25, 0.3) is 0 Å². The van der Waals surface area contributed by atoms with Gasteiger partial charge < -0.3 is 25.2 Å². The van der Waals surface area contributed by atoms with Crippen molar-refractivity contribution in [3.05, 3.63) is 97.2 Å². The van der Waals surface area contributed by atoms with Crippen molar-refractivity contribution in [1.82, 2.24) is 5.32 Å². The van der Waals surface area contributed by atoms with E-state index in [1.807, 2.05) is 18.2 Å². The summed E-state index contributed by atoms with van der Waals surface area (Å²) in [7, 11) is -4.79. The molecule has 0 heterocycles. The molecule has 4 N–H and O–H groups in total. The molecule has 0 aliphatic carbocycles. The van der Waals surface area contributed by atoms with Crippen molar-refractivity contribution < 1.29 is 47.8 Å². The summed E-state index contributed by atoms with van der Waals surface area (Å²) < 4.78 is 26.8. The lowest BCUT2D eigenvalue weighted by Crippen LogP contribution is -2.43. The average Bonchev–Trinajstić information content (AvgIpc) is 3.27. The second kappa shape index (κ2) is 45.9. The van der Waals surface area contributed by atoms with Crippen LogP contribution < -0.4 is 5.32 Å². The quantitative estimate of drug-likeness (QED) is 0.0200. The van der Waals surface area contributed by atoms with E-state index in [0.717, 1.165) is 70.6 Å². The number of phosphoric ester groups is 1. The predicted octanol–water partition coefficient (Wildman–Crippen LogP) is 13.2. The number of esters is 1. The van der Waals surface area contributed by atoms with Gasteiger partial charge in [-0.1, -0.05) is 188 Å². The third-order valence-electron chi connectivity index (χ3n) is 9.89. The van der Waals surface area contributed by atoms with Gasteiger partial charge in [0.1, 0.15) is 12.7 Å². The van der Waals surface area contributed by atoms with E-state index in [0.29, 0.717) is 12.8 Å². The molecule has 0 aromatic rings. The Labute approximate surface area is 387 Å². The van der Waals surface area contributed by atoms with Crippen molar-refractivity contribution in [3.63, 3.8) is 0 Å². The summed E-state index contributed by atoms with van der Waals surface area (Å²) in [6, 6.07) is -1.56. The lowest BCUT2D eigenvalue weighted by Gasteiger charge is -2.18. The molecule has 0 rings (SSSR count). The van der Waals surface area contributed by atoms with Gasteiger partial charge in [0.05, 0.1) is 19.6 Å². The third-order valence-corrected chi connectivity index (χ3v) is 10.8. The summed E-state index contributed by atoms with van der Waals surface area (Å²) in [5.74, 6) is -2.53. The van der Waals surface area contributed by atoms with Gasteiger partial charge in [0.25, 0.3) is 0 Å². The summed E-state index contributed by atoms with van der Waals surface area (Å²) >= 11 is 0. The van der Waals surface area contributed by atoms with E-state index in [-0.39, 0.29) is 12.8 Å². The first kappa shape index (κ1) is 60.4. The van der Waals surface area contributed by atoms with Crippen LogP contribution in [0.5, 0.6) is 0 Å². The maximum Gasteiger partial charge on any atom is 0.472 e. The number of aliphatic carboxylic acids is 1. The molecule has 64 heavy (non-hydrogen) atoms. The monoisotopic (exact) mass is 916 g/mol. The second-order valence-corrected chi connectivity index (χ2v) is 17.4. The number of carbonyl (C=O) groups is 3. The predicted molar refractivity (Wildman–Crippen MR) is 263 cm³/mol. The molecule has 12 heteroatoms. The third kappa shape index (κ3) is 45.0. The first-order valence-electron chi connectivity index (χ1n) is 24.3. The van der Waals surface area contributed by atoms with Crippen LogP contribution in [0.2, 0.25) is 0 Å². The molecule has 0 bridgehead atoms. The molecule has 3 atom stereocenters. The summed E-state index contributed by atoms with van der Waals surface area (Å²) in [6.45, 7) is 2.37. The van der Waals surface area contributed by atoms with Crippen molar-refractivity contribution in [2.45, 2.75) is 193 Å². The van der Waals surface area contributed by atoms with Crippen molar-refractivity contribution in [1.29, 1.82) is 0 Å². The molecule has 0 aliphatic heterocycles. The Bertz CT molecular complexity index is 1450. The number of carboxylic acid groups (broad SMARTS) is 1. The van der Waals surface area contributed by atoms with Crippen LogP contribution in [0.1, 0.15) is 181 Å². The standard InChI is InChI=1S/C52H86NO10P/c1-3-5-7-9-11-13-15-17-19-21-23-24-26-28-30-32-34-36-38-40-42-44-51(56)61-45-48(54)46-62-64(59,60)63-47-49(52(57)58)53-50(55)43-41-39-37-35-33-31-29-27-25-22-20-18-16-14-12-10-8-6-4-2/h5,7,11,13,17-20,23-24,28,30,34,36,40,42,48-49,54H,3-4,6,8-10,12,14-16,21-22,25-27,29,31-33,35,37-39,41,43-47H2,1-2H3,(H,53,55)(H,57,58)(H,59,60)/b7-5-,13-11-,19-17-,20-18+,24-23-,30-28-,36-34-,42-40-. The zero-order valence-corrected chi connectivity index (χ0v) is 40.4. The topological polar surface area (TPSA) is 169 Å².